The highest BCUT2D eigenvalue weighted by molar-refractivity contribution is 6.02. The Labute approximate surface area is 158 Å². The first kappa shape index (κ1) is 18.6. The summed E-state index contributed by atoms with van der Waals surface area (Å²) in [5.74, 6) is 2.80. The second-order valence-electron chi connectivity index (χ2n) is 6.51. The van der Waals surface area contributed by atoms with Gasteiger partial charge in [0.2, 0.25) is 12.7 Å². The maximum absolute atomic E-state index is 12.2. The van der Waals surface area contributed by atoms with Crippen molar-refractivity contribution in [3.05, 3.63) is 48.0 Å². The Balaban J connectivity index is 1.63. The standard InChI is InChI=1S/C21H23NO5/c1-14(2)12-25-17-7-4-15(10-19(17)24-3)5-9-21(23)22-16-6-8-18-20(11-16)27-13-26-18/h4-11,14H,12-13H2,1-3H3,(H,22,23)/b9-5+. The summed E-state index contributed by atoms with van der Waals surface area (Å²) in [4.78, 5) is 12.2. The number of benzene rings is 2. The first-order valence-corrected chi connectivity index (χ1v) is 8.74. The normalized spacial score (nSPS) is 12.4. The van der Waals surface area contributed by atoms with Gasteiger partial charge in [0.25, 0.3) is 0 Å². The lowest BCUT2D eigenvalue weighted by Gasteiger charge is -2.12. The molecule has 142 valence electrons. The highest BCUT2D eigenvalue weighted by atomic mass is 16.7. The van der Waals surface area contributed by atoms with Gasteiger partial charge in [0.1, 0.15) is 0 Å². The first-order chi connectivity index (χ1) is 13.0. The number of fused-ring (bicyclic) bond motifs is 1. The molecule has 3 rings (SSSR count). The van der Waals surface area contributed by atoms with E-state index in [1.165, 1.54) is 6.08 Å². The molecule has 0 bridgehead atoms. The average Bonchev–Trinajstić information content (AvgIpc) is 3.12. The zero-order valence-corrected chi connectivity index (χ0v) is 15.7. The summed E-state index contributed by atoms with van der Waals surface area (Å²) in [6.07, 6.45) is 3.19. The van der Waals surface area contributed by atoms with E-state index in [-0.39, 0.29) is 12.7 Å². The van der Waals surface area contributed by atoms with Crippen LogP contribution in [0.4, 0.5) is 5.69 Å². The van der Waals surface area contributed by atoms with Crippen LogP contribution in [0.5, 0.6) is 23.0 Å². The van der Waals surface area contributed by atoms with Gasteiger partial charge < -0.3 is 24.3 Å². The molecule has 1 N–H and O–H groups in total. The summed E-state index contributed by atoms with van der Waals surface area (Å²) in [5, 5.41) is 2.80. The fraction of sp³-hybridized carbons (Fsp3) is 0.286. The Hall–Kier alpha value is -3.15. The van der Waals surface area contributed by atoms with Crippen molar-refractivity contribution in [1.29, 1.82) is 0 Å². The number of carbonyl (C=O) groups is 1. The van der Waals surface area contributed by atoms with Gasteiger partial charge in [0.15, 0.2) is 23.0 Å². The van der Waals surface area contributed by atoms with Crippen molar-refractivity contribution < 1.29 is 23.7 Å². The van der Waals surface area contributed by atoms with Gasteiger partial charge in [-0.3, -0.25) is 4.79 Å². The van der Waals surface area contributed by atoms with Crippen molar-refractivity contribution in [2.45, 2.75) is 13.8 Å². The zero-order chi connectivity index (χ0) is 19.2. The zero-order valence-electron chi connectivity index (χ0n) is 15.7. The number of methoxy groups -OCH3 is 1. The highest BCUT2D eigenvalue weighted by Crippen LogP contribution is 2.34. The summed E-state index contributed by atoms with van der Waals surface area (Å²) in [6.45, 7) is 4.99. The van der Waals surface area contributed by atoms with E-state index < -0.39 is 0 Å². The molecule has 6 heteroatoms. The molecule has 1 aliphatic rings. The summed E-state index contributed by atoms with van der Waals surface area (Å²) >= 11 is 0. The molecule has 1 heterocycles. The Morgan fingerprint density at radius 3 is 2.74 bits per heavy atom. The number of ether oxygens (including phenoxy) is 4. The van der Waals surface area contributed by atoms with Crippen molar-refractivity contribution in [1.82, 2.24) is 0 Å². The number of nitrogens with one attached hydrogen (secondary N) is 1. The molecule has 0 spiro atoms. The minimum absolute atomic E-state index is 0.200. The van der Waals surface area contributed by atoms with Gasteiger partial charge in [-0.2, -0.15) is 0 Å². The lowest BCUT2D eigenvalue weighted by atomic mass is 10.2. The van der Waals surface area contributed by atoms with Crippen LogP contribution < -0.4 is 24.3 Å². The SMILES string of the molecule is COc1cc(/C=C/C(=O)Nc2ccc3c(c2)OCO3)ccc1OCC(C)C. The molecule has 0 unspecified atom stereocenters. The molecular weight excluding hydrogens is 346 g/mol. The van der Waals surface area contributed by atoms with Crippen LogP contribution in [0.1, 0.15) is 19.4 Å². The number of amides is 1. The van der Waals surface area contributed by atoms with Crippen LogP contribution in [0.25, 0.3) is 6.08 Å². The van der Waals surface area contributed by atoms with E-state index in [0.29, 0.717) is 41.2 Å². The molecule has 2 aromatic carbocycles. The minimum Gasteiger partial charge on any atom is -0.493 e. The molecule has 0 radical (unpaired) electrons. The van der Waals surface area contributed by atoms with Crippen molar-refractivity contribution in [2.75, 3.05) is 25.8 Å². The van der Waals surface area contributed by atoms with E-state index in [1.807, 2.05) is 18.2 Å². The third-order valence-corrected chi connectivity index (χ3v) is 3.83. The van der Waals surface area contributed by atoms with E-state index in [2.05, 4.69) is 19.2 Å². The lowest BCUT2D eigenvalue weighted by Crippen LogP contribution is -2.07. The molecule has 0 fully saturated rings. The summed E-state index contributed by atoms with van der Waals surface area (Å²) in [6, 6.07) is 10.8. The van der Waals surface area contributed by atoms with Crippen LogP contribution in [-0.4, -0.2) is 26.4 Å². The molecular formula is C21H23NO5. The van der Waals surface area contributed by atoms with E-state index >= 15 is 0 Å². The van der Waals surface area contributed by atoms with Crippen LogP contribution in [0, 0.1) is 5.92 Å². The van der Waals surface area contributed by atoms with Crippen molar-refractivity contribution >= 4 is 17.7 Å². The van der Waals surface area contributed by atoms with E-state index in [4.69, 9.17) is 18.9 Å². The maximum atomic E-state index is 12.2. The van der Waals surface area contributed by atoms with E-state index in [1.54, 1.807) is 31.4 Å². The predicted octanol–water partition coefficient (Wildman–Crippen LogP) is 4.11. The Morgan fingerprint density at radius 1 is 1.15 bits per heavy atom. The highest BCUT2D eigenvalue weighted by Gasteiger charge is 2.13. The molecule has 0 saturated carbocycles. The van der Waals surface area contributed by atoms with Gasteiger partial charge in [0.05, 0.1) is 13.7 Å². The lowest BCUT2D eigenvalue weighted by molar-refractivity contribution is -0.111. The van der Waals surface area contributed by atoms with Gasteiger partial charge in [-0.25, -0.2) is 0 Å². The van der Waals surface area contributed by atoms with E-state index in [0.717, 1.165) is 5.56 Å². The van der Waals surface area contributed by atoms with Crippen LogP contribution in [-0.2, 0) is 4.79 Å². The largest absolute Gasteiger partial charge is 0.493 e. The van der Waals surface area contributed by atoms with Gasteiger partial charge in [-0.1, -0.05) is 19.9 Å². The van der Waals surface area contributed by atoms with Gasteiger partial charge in [-0.05, 0) is 41.8 Å². The van der Waals surface area contributed by atoms with Crippen LogP contribution >= 0.6 is 0 Å². The molecule has 2 aromatic rings. The van der Waals surface area contributed by atoms with Gasteiger partial charge in [0, 0.05) is 17.8 Å². The third kappa shape index (κ3) is 4.94. The Kier molecular flexibility index (Phi) is 5.86. The second kappa shape index (κ2) is 8.49. The Morgan fingerprint density at radius 2 is 1.96 bits per heavy atom. The molecule has 0 aromatic heterocycles. The van der Waals surface area contributed by atoms with Gasteiger partial charge in [-0.15, -0.1) is 0 Å². The van der Waals surface area contributed by atoms with E-state index in [9.17, 15) is 4.79 Å². The number of hydrogen-bond acceptors (Lipinski definition) is 5. The molecule has 0 aliphatic carbocycles. The molecule has 27 heavy (non-hydrogen) atoms. The summed E-state index contributed by atoms with van der Waals surface area (Å²) < 4.78 is 21.7. The molecule has 1 amide bonds. The van der Waals surface area contributed by atoms with Crippen LogP contribution in [0.15, 0.2) is 42.5 Å². The minimum atomic E-state index is -0.243. The van der Waals surface area contributed by atoms with Crippen molar-refractivity contribution in [2.24, 2.45) is 5.92 Å². The molecule has 0 saturated heterocycles. The summed E-state index contributed by atoms with van der Waals surface area (Å²) in [7, 11) is 1.59. The third-order valence-electron chi connectivity index (χ3n) is 3.83. The molecule has 1 aliphatic heterocycles. The predicted molar refractivity (Wildman–Crippen MR) is 104 cm³/mol. The Bertz CT molecular complexity index is 844. The fourth-order valence-electron chi connectivity index (χ4n) is 2.49. The maximum Gasteiger partial charge on any atom is 0.248 e. The van der Waals surface area contributed by atoms with Crippen molar-refractivity contribution in [3.8, 4) is 23.0 Å². The smallest absolute Gasteiger partial charge is 0.248 e. The number of rotatable bonds is 7. The molecule has 6 nitrogen and oxygen atoms in total. The number of carbonyl (C=O) groups excluding carboxylic acids is 1. The summed E-state index contributed by atoms with van der Waals surface area (Å²) in [5.41, 5.74) is 1.48. The average molecular weight is 369 g/mol. The van der Waals surface area contributed by atoms with Crippen molar-refractivity contribution in [3.63, 3.8) is 0 Å². The fourth-order valence-corrected chi connectivity index (χ4v) is 2.49. The quantitative estimate of drug-likeness (QED) is 0.744. The van der Waals surface area contributed by atoms with Crippen LogP contribution in [0.3, 0.4) is 0 Å². The van der Waals surface area contributed by atoms with Gasteiger partial charge >= 0.3 is 0 Å². The second-order valence-corrected chi connectivity index (χ2v) is 6.51. The molecule has 0 atom stereocenters. The monoisotopic (exact) mass is 369 g/mol. The topological polar surface area (TPSA) is 66.0 Å². The number of anilines is 1. The number of hydrogen-bond donors (Lipinski definition) is 1. The first-order valence-electron chi connectivity index (χ1n) is 8.74. The van der Waals surface area contributed by atoms with Crippen LogP contribution in [0.2, 0.25) is 0 Å².